The van der Waals surface area contributed by atoms with Crippen molar-refractivity contribution in [3.63, 3.8) is 0 Å². The fourth-order valence-electron chi connectivity index (χ4n) is 1.16. The van der Waals surface area contributed by atoms with E-state index in [2.05, 4.69) is 15.9 Å². The van der Waals surface area contributed by atoms with Gasteiger partial charge in [-0.3, -0.25) is 4.21 Å². The molecule has 1 nitrogen and oxygen atoms in total. The highest BCUT2D eigenvalue weighted by molar-refractivity contribution is 9.10. The largest absolute Gasteiger partial charge is 0.259 e. The highest BCUT2D eigenvalue weighted by Crippen LogP contribution is 2.22. The van der Waals surface area contributed by atoms with Crippen LogP contribution in [0.2, 0.25) is 0 Å². The third-order valence-corrected chi connectivity index (χ3v) is 4.12. The quantitative estimate of drug-likeness (QED) is 0.816. The Bertz CT molecular complexity index is 312. The average Bonchev–Trinajstić information content (AvgIpc) is 2.15. The molecule has 0 aliphatic carbocycles. The number of benzene rings is 1. The summed E-state index contributed by atoms with van der Waals surface area (Å²) < 4.78 is 12.6. The molecule has 0 radical (unpaired) electrons. The monoisotopic (exact) mass is 260 g/mol. The van der Waals surface area contributed by atoms with Crippen molar-refractivity contribution in [3.05, 3.63) is 34.3 Å². The van der Waals surface area contributed by atoms with Gasteiger partial charge in [0.1, 0.15) is 0 Å². The predicted molar refractivity (Wildman–Crippen MR) is 61.2 cm³/mol. The molecule has 1 aromatic carbocycles. The lowest BCUT2D eigenvalue weighted by Gasteiger charge is -2.10. The molecule has 0 fully saturated rings. The maximum Gasteiger partial charge on any atom is 0.0569 e. The lowest BCUT2D eigenvalue weighted by molar-refractivity contribution is 0.676. The van der Waals surface area contributed by atoms with Crippen LogP contribution in [0.3, 0.4) is 0 Å². The highest BCUT2D eigenvalue weighted by atomic mass is 79.9. The number of hydrogen-bond acceptors (Lipinski definition) is 1. The van der Waals surface area contributed by atoms with Crippen LogP contribution in [0.25, 0.3) is 0 Å². The lowest BCUT2D eigenvalue weighted by atomic mass is 10.2. The van der Waals surface area contributed by atoms with E-state index < -0.39 is 10.8 Å². The normalized spacial score (nSPS) is 15.3. The topological polar surface area (TPSA) is 17.1 Å². The third kappa shape index (κ3) is 2.92. The summed E-state index contributed by atoms with van der Waals surface area (Å²) in [5.41, 5.74) is 1.13. The van der Waals surface area contributed by atoms with Crippen molar-refractivity contribution in [1.82, 2.24) is 0 Å². The van der Waals surface area contributed by atoms with E-state index in [0.29, 0.717) is 5.75 Å². The predicted octanol–water partition coefficient (Wildman–Crippen LogP) is 3.28. The van der Waals surface area contributed by atoms with Crippen LogP contribution in [0.5, 0.6) is 0 Å². The molecule has 2 atom stereocenters. The van der Waals surface area contributed by atoms with Crippen molar-refractivity contribution in [1.29, 1.82) is 0 Å². The summed E-state index contributed by atoms with van der Waals surface area (Å²) in [6, 6.07) is 8.00. The Kier molecular flexibility index (Phi) is 4.13. The summed E-state index contributed by atoms with van der Waals surface area (Å²) in [6.07, 6.45) is 0. The molecule has 1 rings (SSSR count). The Morgan fingerprint density at radius 1 is 1.54 bits per heavy atom. The molecule has 3 heteroatoms. The molecule has 0 spiro atoms. The van der Waals surface area contributed by atoms with Crippen LogP contribution in [0.15, 0.2) is 28.7 Å². The first-order valence-corrected chi connectivity index (χ1v) is 6.45. The van der Waals surface area contributed by atoms with Gasteiger partial charge in [-0.2, -0.15) is 0 Å². The highest BCUT2D eigenvalue weighted by Gasteiger charge is 2.11. The smallest absolute Gasteiger partial charge is 0.0569 e. The Morgan fingerprint density at radius 2 is 2.23 bits per heavy atom. The molecule has 0 amide bonds. The van der Waals surface area contributed by atoms with Crippen molar-refractivity contribution in [2.45, 2.75) is 19.1 Å². The summed E-state index contributed by atoms with van der Waals surface area (Å²) in [6.45, 7) is 3.95. The fourth-order valence-corrected chi connectivity index (χ4v) is 2.53. The SMILES string of the molecule is CCS(=O)C(C)c1cccc(Br)c1. The Balaban J connectivity index is 2.88. The van der Waals surface area contributed by atoms with E-state index in [-0.39, 0.29) is 5.25 Å². The van der Waals surface area contributed by atoms with Gasteiger partial charge in [0.15, 0.2) is 0 Å². The van der Waals surface area contributed by atoms with Gasteiger partial charge in [-0.05, 0) is 24.6 Å². The molecule has 0 aromatic heterocycles. The van der Waals surface area contributed by atoms with Crippen LogP contribution >= 0.6 is 15.9 Å². The zero-order valence-corrected chi connectivity index (χ0v) is 10.2. The maximum atomic E-state index is 11.5. The van der Waals surface area contributed by atoms with Crippen LogP contribution < -0.4 is 0 Å². The first kappa shape index (κ1) is 10.9. The molecule has 1 aromatic rings. The van der Waals surface area contributed by atoms with Gasteiger partial charge < -0.3 is 0 Å². The second-order valence-electron chi connectivity index (χ2n) is 2.87. The van der Waals surface area contributed by atoms with Gasteiger partial charge >= 0.3 is 0 Å². The van der Waals surface area contributed by atoms with Crippen molar-refractivity contribution >= 4 is 26.7 Å². The molecule has 0 aliphatic heterocycles. The molecule has 0 saturated carbocycles. The summed E-state index contributed by atoms with van der Waals surface area (Å²) in [5, 5.41) is 0.127. The average molecular weight is 261 g/mol. The zero-order valence-electron chi connectivity index (χ0n) is 7.79. The minimum Gasteiger partial charge on any atom is -0.259 e. The second-order valence-corrected chi connectivity index (χ2v) is 5.83. The molecule has 0 aliphatic rings. The molecule has 2 unspecified atom stereocenters. The van der Waals surface area contributed by atoms with Gasteiger partial charge in [-0.1, -0.05) is 35.0 Å². The molecular weight excluding hydrogens is 248 g/mol. The Morgan fingerprint density at radius 3 is 2.77 bits per heavy atom. The van der Waals surface area contributed by atoms with Crippen LogP contribution in [0, 0.1) is 0 Å². The summed E-state index contributed by atoms with van der Waals surface area (Å²) >= 11 is 3.40. The molecule has 0 bridgehead atoms. The van der Waals surface area contributed by atoms with E-state index >= 15 is 0 Å². The minimum absolute atomic E-state index is 0.127. The van der Waals surface area contributed by atoms with E-state index in [0.717, 1.165) is 10.0 Å². The Labute approximate surface area is 90.1 Å². The lowest BCUT2D eigenvalue weighted by Crippen LogP contribution is -2.04. The van der Waals surface area contributed by atoms with Crippen molar-refractivity contribution < 1.29 is 4.21 Å². The van der Waals surface area contributed by atoms with Gasteiger partial charge in [0.25, 0.3) is 0 Å². The molecule has 0 N–H and O–H groups in total. The van der Waals surface area contributed by atoms with E-state index in [1.54, 1.807) is 0 Å². The van der Waals surface area contributed by atoms with E-state index in [4.69, 9.17) is 0 Å². The van der Waals surface area contributed by atoms with Crippen LogP contribution in [0.1, 0.15) is 24.7 Å². The van der Waals surface area contributed by atoms with E-state index in [9.17, 15) is 4.21 Å². The first-order valence-electron chi connectivity index (χ1n) is 4.27. The van der Waals surface area contributed by atoms with E-state index in [1.165, 1.54) is 0 Å². The number of rotatable bonds is 3. The maximum absolute atomic E-state index is 11.5. The fraction of sp³-hybridized carbons (Fsp3) is 0.400. The first-order chi connectivity index (χ1) is 6.15. The second kappa shape index (κ2) is 4.91. The van der Waals surface area contributed by atoms with Gasteiger partial charge in [0, 0.05) is 21.0 Å². The standard InChI is InChI=1S/C10H13BrOS/c1-3-13(12)8(2)9-5-4-6-10(11)7-9/h4-8H,3H2,1-2H3. The van der Waals surface area contributed by atoms with Crippen LogP contribution in [-0.2, 0) is 10.8 Å². The molecule has 0 saturated heterocycles. The zero-order chi connectivity index (χ0) is 9.84. The molecule has 13 heavy (non-hydrogen) atoms. The van der Waals surface area contributed by atoms with Crippen molar-refractivity contribution in [2.24, 2.45) is 0 Å². The third-order valence-electron chi connectivity index (χ3n) is 2.00. The van der Waals surface area contributed by atoms with Crippen LogP contribution in [-0.4, -0.2) is 9.96 Å². The van der Waals surface area contributed by atoms with Crippen LogP contribution in [0.4, 0.5) is 0 Å². The number of hydrogen-bond donors (Lipinski definition) is 0. The van der Waals surface area contributed by atoms with Gasteiger partial charge in [0.2, 0.25) is 0 Å². The van der Waals surface area contributed by atoms with Gasteiger partial charge in [0.05, 0.1) is 5.25 Å². The summed E-state index contributed by atoms with van der Waals surface area (Å²) in [5.74, 6) is 0.716. The van der Waals surface area contributed by atoms with Crippen molar-refractivity contribution in [2.75, 3.05) is 5.75 Å². The minimum atomic E-state index is -0.752. The van der Waals surface area contributed by atoms with Gasteiger partial charge in [-0.25, -0.2) is 0 Å². The Hall–Kier alpha value is -0.150. The van der Waals surface area contributed by atoms with E-state index in [1.807, 2.05) is 38.1 Å². The van der Waals surface area contributed by atoms with Gasteiger partial charge in [-0.15, -0.1) is 0 Å². The molecular formula is C10H13BrOS. The molecule has 0 heterocycles. The number of halogens is 1. The summed E-state index contributed by atoms with van der Waals surface area (Å²) in [7, 11) is -0.752. The van der Waals surface area contributed by atoms with Crippen molar-refractivity contribution in [3.8, 4) is 0 Å². The summed E-state index contributed by atoms with van der Waals surface area (Å²) in [4.78, 5) is 0. The molecule has 72 valence electrons.